The summed E-state index contributed by atoms with van der Waals surface area (Å²) in [5, 5.41) is 12.0. The highest BCUT2D eigenvalue weighted by Gasteiger charge is 2.23. The van der Waals surface area contributed by atoms with Gasteiger partial charge in [0, 0.05) is 5.69 Å². The molecule has 10 heteroatoms. The van der Waals surface area contributed by atoms with E-state index in [4.69, 9.17) is 0 Å². The van der Waals surface area contributed by atoms with Gasteiger partial charge in [0.2, 0.25) is 5.13 Å². The summed E-state index contributed by atoms with van der Waals surface area (Å²) < 4.78 is 13.2. The predicted molar refractivity (Wildman–Crippen MR) is 90.0 cm³/mol. The lowest BCUT2D eigenvalue weighted by molar-refractivity contribution is -0.123. The zero-order valence-corrected chi connectivity index (χ0v) is 14.3. The molecule has 0 unspecified atom stereocenters. The number of amides is 2. The number of thioether (sulfide) groups is 1. The fourth-order valence-corrected chi connectivity index (χ4v) is 3.47. The van der Waals surface area contributed by atoms with Crippen molar-refractivity contribution in [2.45, 2.75) is 23.4 Å². The lowest BCUT2D eigenvalue weighted by atomic mass is 10.2. The van der Waals surface area contributed by atoms with Crippen molar-refractivity contribution in [3.05, 3.63) is 30.1 Å². The molecular formula is C14H13FN4O3S2. The Morgan fingerprint density at radius 1 is 1.08 bits per heavy atom. The number of ketones is 2. The van der Waals surface area contributed by atoms with E-state index in [-0.39, 0.29) is 16.7 Å². The van der Waals surface area contributed by atoms with Gasteiger partial charge in [0.25, 0.3) is 0 Å². The highest BCUT2D eigenvalue weighted by atomic mass is 32.2. The fourth-order valence-electron chi connectivity index (χ4n) is 1.65. The first-order chi connectivity index (χ1) is 11.3. The van der Waals surface area contributed by atoms with Crippen molar-refractivity contribution < 1.29 is 18.8 Å². The second-order valence-corrected chi connectivity index (χ2v) is 7.01. The number of benzene rings is 1. The van der Waals surface area contributed by atoms with Gasteiger partial charge in [-0.2, -0.15) is 0 Å². The molecule has 0 aliphatic carbocycles. The van der Waals surface area contributed by atoms with E-state index in [1.807, 2.05) is 0 Å². The van der Waals surface area contributed by atoms with Crippen LogP contribution in [0.1, 0.15) is 13.8 Å². The number of halogens is 1. The molecule has 1 aromatic heterocycles. The molecule has 24 heavy (non-hydrogen) atoms. The number of aromatic nitrogens is 2. The summed E-state index contributed by atoms with van der Waals surface area (Å²) in [7, 11) is 0. The van der Waals surface area contributed by atoms with Crippen molar-refractivity contribution in [2.24, 2.45) is 0 Å². The van der Waals surface area contributed by atoms with Gasteiger partial charge in [0.1, 0.15) is 11.1 Å². The monoisotopic (exact) mass is 368 g/mol. The maximum atomic E-state index is 12.8. The van der Waals surface area contributed by atoms with E-state index in [0.29, 0.717) is 10.0 Å². The highest BCUT2D eigenvalue weighted by Crippen LogP contribution is 2.29. The SMILES string of the molecule is CC(=O)C(Sc1nnc(NC(=O)Nc2ccc(F)cc2)s1)C(C)=O. The van der Waals surface area contributed by atoms with Crippen LogP contribution >= 0.6 is 23.1 Å². The average Bonchev–Trinajstić information content (AvgIpc) is 2.93. The maximum absolute atomic E-state index is 12.8. The van der Waals surface area contributed by atoms with Crippen LogP contribution in [0.3, 0.4) is 0 Å². The van der Waals surface area contributed by atoms with Gasteiger partial charge in [0.15, 0.2) is 15.9 Å². The minimum absolute atomic E-state index is 0.211. The van der Waals surface area contributed by atoms with Crippen LogP contribution < -0.4 is 10.6 Å². The fraction of sp³-hybridized carbons (Fsp3) is 0.214. The summed E-state index contributed by atoms with van der Waals surface area (Å²) in [6.07, 6.45) is 0. The molecule has 2 N–H and O–H groups in total. The van der Waals surface area contributed by atoms with Crippen molar-refractivity contribution in [3.63, 3.8) is 0 Å². The maximum Gasteiger partial charge on any atom is 0.325 e. The topological polar surface area (TPSA) is 101 Å². The molecule has 7 nitrogen and oxygen atoms in total. The molecule has 0 bridgehead atoms. The van der Waals surface area contributed by atoms with Crippen molar-refractivity contribution >= 4 is 51.5 Å². The van der Waals surface area contributed by atoms with Crippen LogP contribution in [0.2, 0.25) is 0 Å². The first-order valence-electron chi connectivity index (χ1n) is 6.70. The molecule has 2 aromatic rings. The smallest absolute Gasteiger partial charge is 0.308 e. The van der Waals surface area contributed by atoms with Gasteiger partial charge in [-0.15, -0.1) is 10.2 Å². The van der Waals surface area contributed by atoms with Crippen molar-refractivity contribution in [1.29, 1.82) is 0 Å². The third-order valence-corrected chi connectivity index (χ3v) is 5.04. The first kappa shape index (κ1) is 18.0. The molecular weight excluding hydrogens is 355 g/mol. The Balaban J connectivity index is 1.95. The molecule has 0 spiro atoms. The number of carbonyl (C=O) groups is 3. The van der Waals surface area contributed by atoms with Gasteiger partial charge in [-0.3, -0.25) is 14.9 Å². The Kier molecular flexibility index (Phi) is 5.99. The number of hydrogen-bond donors (Lipinski definition) is 2. The third-order valence-electron chi connectivity index (χ3n) is 2.69. The summed E-state index contributed by atoms with van der Waals surface area (Å²) in [5.41, 5.74) is 0.418. The molecule has 0 radical (unpaired) electrons. The number of anilines is 2. The highest BCUT2D eigenvalue weighted by molar-refractivity contribution is 8.03. The minimum atomic E-state index is -0.834. The standard InChI is InChI=1S/C14H13FN4O3S2/c1-7(20)11(8(2)21)23-14-19-18-13(24-14)17-12(22)16-10-5-3-9(15)4-6-10/h3-6,11H,1-2H3,(H2,16,17,18,22). The normalized spacial score (nSPS) is 10.5. The molecule has 2 rings (SSSR count). The molecule has 0 aliphatic heterocycles. The van der Waals surface area contributed by atoms with Crippen LogP contribution in [0, 0.1) is 5.82 Å². The lowest BCUT2D eigenvalue weighted by Gasteiger charge is -2.06. The van der Waals surface area contributed by atoms with Crippen LogP contribution in [-0.4, -0.2) is 33.0 Å². The first-order valence-corrected chi connectivity index (χ1v) is 8.39. The van der Waals surface area contributed by atoms with E-state index in [0.717, 1.165) is 23.1 Å². The molecule has 126 valence electrons. The van der Waals surface area contributed by atoms with Gasteiger partial charge in [0.05, 0.1) is 0 Å². The molecule has 0 aliphatic rings. The molecule has 0 atom stereocenters. The van der Waals surface area contributed by atoms with Crippen LogP contribution in [0.15, 0.2) is 28.6 Å². The van der Waals surface area contributed by atoms with E-state index in [9.17, 15) is 18.8 Å². The minimum Gasteiger partial charge on any atom is -0.308 e. The second kappa shape index (κ2) is 7.97. The zero-order chi connectivity index (χ0) is 17.7. The molecule has 1 aromatic carbocycles. The Morgan fingerprint density at radius 3 is 2.29 bits per heavy atom. The summed E-state index contributed by atoms with van der Waals surface area (Å²) in [4.78, 5) is 34.6. The Morgan fingerprint density at radius 2 is 1.71 bits per heavy atom. The van der Waals surface area contributed by atoms with Gasteiger partial charge in [-0.1, -0.05) is 23.1 Å². The summed E-state index contributed by atoms with van der Waals surface area (Å²) in [6.45, 7) is 2.66. The predicted octanol–water partition coefficient (Wildman–Crippen LogP) is 2.96. The molecule has 0 fully saturated rings. The number of Topliss-reactive ketones (excluding diaryl/α,β-unsaturated/α-hetero) is 2. The van der Waals surface area contributed by atoms with E-state index < -0.39 is 17.1 Å². The van der Waals surface area contributed by atoms with Crippen LogP contribution in [-0.2, 0) is 9.59 Å². The molecule has 0 saturated carbocycles. The van der Waals surface area contributed by atoms with Crippen LogP contribution in [0.4, 0.5) is 20.0 Å². The summed E-state index contributed by atoms with van der Waals surface area (Å²) >= 11 is 2.03. The van der Waals surface area contributed by atoms with E-state index >= 15 is 0 Å². The van der Waals surface area contributed by atoms with Crippen molar-refractivity contribution in [3.8, 4) is 0 Å². The van der Waals surface area contributed by atoms with Crippen LogP contribution in [0.25, 0.3) is 0 Å². The third kappa shape index (κ3) is 5.10. The van der Waals surface area contributed by atoms with Gasteiger partial charge < -0.3 is 5.32 Å². The number of nitrogens with zero attached hydrogens (tertiary/aromatic N) is 2. The number of rotatable bonds is 6. The zero-order valence-electron chi connectivity index (χ0n) is 12.7. The summed E-state index contributed by atoms with van der Waals surface area (Å²) in [5.74, 6) is -0.949. The van der Waals surface area contributed by atoms with E-state index in [1.165, 1.54) is 38.1 Å². The summed E-state index contributed by atoms with van der Waals surface area (Å²) in [6, 6.07) is 4.71. The largest absolute Gasteiger partial charge is 0.325 e. The van der Waals surface area contributed by atoms with Gasteiger partial charge >= 0.3 is 6.03 Å². The molecule has 2 amide bonds. The van der Waals surface area contributed by atoms with Gasteiger partial charge in [-0.05, 0) is 38.1 Å². The van der Waals surface area contributed by atoms with Crippen molar-refractivity contribution in [2.75, 3.05) is 10.6 Å². The number of urea groups is 1. The Hall–Kier alpha value is -2.33. The van der Waals surface area contributed by atoms with Crippen LogP contribution in [0.5, 0.6) is 0 Å². The Bertz CT molecular complexity index is 750. The van der Waals surface area contributed by atoms with Crippen molar-refractivity contribution in [1.82, 2.24) is 10.2 Å². The molecule has 1 heterocycles. The quantitative estimate of drug-likeness (QED) is 0.462. The second-order valence-electron chi connectivity index (χ2n) is 4.68. The lowest BCUT2D eigenvalue weighted by Crippen LogP contribution is -2.21. The average molecular weight is 368 g/mol. The van der Waals surface area contributed by atoms with Gasteiger partial charge in [-0.25, -0.2) is 9.18 Å². The molecule has 0 saturated heterocycles. The Labute approximate surface area is 145 Å². The number of nitrogens with one attached hydrogen (secondary N) is 2. The van der Waals surface area contributed by atoms with E-state index in [2.05, 4.69) is 20.8 Å². The number of carbonyl (C=O) groups excluding carboxylic acids is 3. The van der Waals surface area contributed by atoms with E-state index in [1.54, 1.807) is 0 Å². The number of hydrogen-bond acceptors (Lipinski definition) is 7.